The molecule has 0 saturated carbocycles. The molecule has 35 heavy (non-hydrogen) atoms. The predicted octanol–water partition coefficient (Wildman–Crippen LogP) is 1.55. The number of benzene rings is 2. The molecule has 1 aliphatic heterocycles. The molecule has 13 heteroatoms. The lowest BCUT2D eigenvalue weighted by atomic mass is 10.1. The molecule has 1 aliphatic rings. The van der Waals surface area contributed by atoms with Crippen molar-refractivity contribution in [2.75, 3.05) is 6.61 Å². The summed E-state index contributed by atoms with van der Waals surface area (Å²) in [5.74, 6) is -1.13. The topological polar surface area (TPSA) is 168 Å². The summed E-state index contributed by atoms with van der Waals surface area (Å²) < 4.78 is 36.7. The first kappa shape index (κ1) is 25.1. The van der Waals surface area contributed by atoms with Crippen molar-refractivity contribution in [2.24, 2.45) is 5.73 Å². The second kappa shape index (κ2) is 11.2. The number of nitrogens with zero attached hydrogens (tertiary/aromatic N) is 3. The van der Waals surface area contributed by atoms with Crippen molar-refractivity contribution in [3.05, 3.63) is 83.9 Å². The fraction of sp³-hybridized carbons (Fsp3) is 0.318. The number of ether oxygens (including phenoxy) is 1. The molecule has 0 radical (unpaired) electrons. The highest BCUT2D eigenvalue weighted by atomic mass is 31.2. The van der Waals surface area contributed by atoms with Gasteiger partial charge in [-0.15, -0.1) is 5.10 Å². The molecule has 4 rings (SSSR count). The monoisotopic (exact) mass is 504 g/mol. The second-order valence-electron chi connectivity index (χ2n) is 7.72. The van der Waals surface area contributed by atoms with Gasteiger partial charge in [0.1, 0.15) is 24.6 Å². The first-order valence-electron chi connectivity index (χ1n) is 10.7. The number of aromatic nitrogens is 3. The molecule has 186 valence electrons. The normalized spacial score (nSPS) is 22.3. The molecular formula is C22H25N4O8P. The molecule has 2 heterocycles. The minimum Gasteiger partial charge on any atom is -0.387 e. The Kier molecular flexibility index (Phi) is 8.04. The standard InChI is InChI=1S/C22H25N4O8P/c23-20(29)21-24-14-26(25-21)22-19(28)18(27)17(34-22)13-33-35(30,31-11-15-7-3-1-4-8-15)32-12-16-9-5-2-6-10-16/h1-10,14,17-19,22,27-28H,11-13H2,(H2,23,29)/t17?,18?,19-,22?/m1/s1. The molecule has 2 aromatic carbocycles. The van der Waals surface area contributed by atoms with Gasteiger partial charge in [-0.1, -0.05) is 60.7 Å². The van der Waals surface area contributed by atoms with Crippen molar-refractivity contribution in [3.8, 4) is 0 Å². The molecule has 0 spiro atoms. The summed E-state index contributed by atoms with van der Waals surface area (Å²) >= 11 is 0. The van der Waals surface area contributed by atoms with E-state index >= 15 is 0 Å². The van der Waals surface area contributed by atoms with Gasteiger partial charge in [-0.05, 0) is 11.1 Å². The number of phosphoric acid groups is 1. The van der Waals surface area contributed by atoms with Crippen LogP contribution in [0.5, 0.6) is 0 Å². The van der Waals surface area contributed by atoms with Crippen LogP contribution >= 0.6 is 7.82 Å². The maximum absolute atomic E-state index is 13.4. The number of hydrogen-bond donors (Lipinski definition) is 3. The molecule has 1 saturated heterocycles. The van der Waals surface area contributed by atoms with Crippen LogP contribution in [0.15, 0.2) is 67.0 Å². The predicted molar refractivity (Wildman–Crippen MR) is 120 cm³/mol. The van der Waals surface area contributed by atoms with Gasteiger partial charge in [0.05, 0.1) is 19.8 Å². The van der Waals surface area contributed by atoms with Gasteiger partial charge in [-0.2, -0.15) is 0 Å². The third kappa shape index (κ3) is 6.38. The summed E-state index contributed by atoms with van der Waals surface area (Å²) in [6, 6.07) is 18.1. The molecule has 0 bridgehead atoms. The number of amides is 1. The van der Waals surface area contributed by atoms with Crippen LogP contribution in [0.2, 0.25) is 0 Å². The van der Waals surface area contributed by atoms with Crippen LogP contribution in [0.25, 0.3) is 0 Å². The fourth-order valence-electron chi connectivity index (χ4n) is 3.33. The Bertz CT molecular complexity index is 1120. The van der Waals surface area contributed by atoms with Gasteiger partial charge in [0.25, 0.3) is 5.91 Å². The van der Waals surface area contributed by atoms with E-state index in [1.54, 1.807) is 24.3 Å². The maximum Gasteiger partial charge on any atom is 0.475 e. The van der Waals surface area contributed by atoms with Crippen LogP contribution in [0, 0.1) is 0 Å². The maximum atomic E-state index is 13.4. The number of aliphatic hydroxyl groups is 2. The van der Waals surface area contributed by atoms with Gasteiger partial charge in [-0.3, -0.25) is 18.4 Å². The highest BCUT2D eigenvalue weighted by molar-refractivity contribution is 7.48. The quantitative estimate of drug-likeness (QED) is 0.326. The zero-order valence-corrected chi connectivity index (χ0v) is 19.4. The number of rotatable bonds is 11. The van der Waals surface area contributed by atoms with Gasteiger partial charge < -0.3 is 20.7 Å². The van der Waals surface area contributed by atoms with Crippen LogP contribution in [0.3, 0.4) is 0 Å². The molecular weight excluding hydrogens is 479 g/mol. The zero-order chi connectivity index (χ0) is 24.8. The molecule has 1 fully saturated rings. The van der Waals surface area contributed by atoms with Gasteiger partial charge in [0, 0.05) is 0 Å². The van der Waals surface area contributed by atoms with E-state index in [2.05, 4.69) is 10.1 Å². The summed E-state index contributed by atoms with van der Waals surface area (Å²) in [6.45, 7) is -0.505. The van der Waals surface area contributed by atoms with Crippen LogP contribution in [0.1, 0.15) is 28.0 Å². The number of nitrogens with two attached hydrogens (primary N) is 1. The molecule has 3 unspecified atom stereocenters. The van der Waals surface area contributed by atoms with Crippen molar-refractivity contribution in [1.29, 1.82) is 0 Å². The summed E-state index contributed by atoms with van der Waals surface area (Å²) in [4.78, 5) is 15.0. The molecule has 4 N–H and O–H groups in total. The first-order valence-corrected chi connectivity index (χ1v) is 12.1. The number of carbonyl (C=O) groups excluding carboxylic acids is 1. The summed E-state index contributed by atoms with van der Waals surface area (Å²) in [7, 11) is -4.12. The number of carbonyl (C=O) groups is 1. The van der Waals surface area contributed by atoms with Crippen LogP contribution in [-0.2, 0) is 36.1 Å². The smallest absolute Gasteiger partial charge is 0.387 e. The van der Waals surface area contributed by atoms with Crippen LogP contribution in [0.4, 0.5) is 0 Å². The second-order valence-corrected chi connectivity index (χ2v) is 9.39. The SMILES string of the molecule is NC(=O)c1ncn(C2OC(COP(=O)(OCc3ccccc3)OCc3ccccc3)C(O)[C@H]2O)n1. The van der Waals surface area contributed by atoms with E-state index in [4.69, 9.17) is 24.0 Å². The van der Waals surface area contributed by atoms with Crippen molar-refractivity contribution in [3.63, 3.8) is 0 Å². The van der Waals surface area contributed by atoms with E-state index in [1.165, 1.54) is 0 Å². The van der Waals surface area contributed by atoms with E-state index in [1.807, 2.05) is 36.4 Å². The summed E-state index contributed by atoms with van der Waals surface area (Å²) in [5.41, 5.74) is 6.65. The molecule has 3 aromatic rings. The van der Waals surface area contributed by atoms with Crippen molar-refractivity contribution in [1.82, 2.24) is 14.8 Å². The minimum absolute atomic E-state index is 0.0406. The van der Waals surface area contributed by atoms with Crippen LogP contribution in [-0.4, -0.2) is 55.8 Å². The van der Waals surface area contributed by atoms with Crippen molar-refractivity contribution in [2.45, 2.75) is 37.8 Å². The summed E-state index contributed by atoms with van der Waals surface area (Å²) in [6.07, 6.45) is -3.99. The van der Waals surface area contributed by atoms with E-state index in [9.17, 15) is 19.6 Å². The minimum atomic E-state index is -4.12. The highest BCUT2D eigenvalue weighted by Gasteiger charge is 2.45. The number of primary amides is 1. The van der Waals surface area contributed by atoms with Crippen molar-refractivity contribution >= 4 is 13.7 Å². The molecule has 12 nitrogen and oxygen atoms in total. The zero-order valence-electron chi connectivity index (χ0n) is 18.5. The number of phosphoric ester groups is 1. The van der Waals surface area contributed by atoms with Gasteiger partial charge in [-0.25, -0.2) is 14.2 Å². The number of hydrogen-bond acceptors (Lipinski definition) is 10. The molecule has 1 aromatic heterocycles. The Morgan fingerprint density at radius 3 is 2.06 bits per heavy atom. The van der Waals surface area contributed by atoms with Crippen LogP contribution < -0.4 is 5.73 Å². The Morgan fingerprint density at radius 2 is 1.54 bits per heavy atom. The number of aliphatic hydroxyl groups excluding tert-OH is 2. The average Bonchev–Trinajstić information content (AvgIpc) is 3.47. The lowest BCUT2D eigenvalue weighted by Crippen LogP contribution is -2.33. The molecule has 4 atom stereocenters. The molecule has 1 amide bonds. The highest BCUT2D eigenvalue weighted by Crippen LogP contribution is 2.51. The van der Waals surface area contributed by atoms with Gasteiger partial charge in [0.2, 0.25) is 5.82 Å². The largest absolute Gasteiger partial charge is 0.475 e. The molecule has 0 aliphatic carbocycles. The van der Waals surface area contributed by atoms with E-state index in [0.29, 0.717) is 0 Å². The van der Waals surface area contributed by atoms with Gasteiger partial charge in [0.15, 0.2) is 6.23 Å². The lowest BCUT2D eigenvalue weighted by Gasteiger charge is -2.21. The van der Waals surface area contributed by atoms with Gasteiger partial charge >= 0.3 is 7.82 Å². The average molecular weight is 504 g/mol. The third-order valence-corrected chi connectivity index (χ3v) is 6.54. The van der Waals surface area contributed by atoms with E-state index in [0.717, 1.165) is 22.1 Å². The Labute approximate surface area is 200 Å². The van der Waals surface area contributed by atoms with E-state index < -0.39 is 44.9 Å². The first-order chi connectivity index (χ1) is 16.8. The van der Waals surface area contributed by atoms with E-state index in [-0.39, 0.29) is 19.0 Å². The third-order valence-electron chi connectivity index (χ3n) is 5.19. The Balaban J connectivity index is 1.42. The lowest BCUT2D eigenvalue weighted by molar-refractivity contribution is -0.0604. The Hall–Kier alpha value is -2.96. The Morgan fingerprint density at radius 1 is 0.971 bits per heavy atom. The van der Waals surface area contributed by atoms with Crippen molar-refractivity contribution < 1.29 is 37.9 Å². The fourth-order valence-corrected chi connectivity index (χ4v) is 4.50. The summed E-state index contributed by atoms with van der Waals surface area (Å²) in [5, 5.41) is 24.7.